The van der Waals surface area contributed by atoms with Crippen molar-refractivity contribution in [2.75, 3.05) is 20.8 Å². The van der Waals surface area contributed by atoms with Crippen molar-refractivity contribution in [2.45, 2.75) is 6.42 Å². The molecule has 2 heterocycles. The van der Waals surface area contributed by atoms with Gasteiger partial charge in [0.05, 0.1) is 26.3 Å². The van der Waals surface area contributed by atoms with Gasteiger partial charge in [0.15, 0.2) is 16.5 Å². The van der Waals surface area contributed by atoms with E-state index < -0.39 is 11.8 Å². The number of halogens is 1. The normalized spacial score (nSPS) is 10.7. The Morgan fingerprint density at radius 1 is 1.35 bits per heavy atom. The average Bonchev–Trinajstić information content (AvgIpc) is 3.21. The molecule has 3 rings (SSSR count). The molecule has 1 N–H and O–H groups in total. The van der Waals surface area contributed by atoms with E-state index in [-0.39, 0.29) is 24.6 Å². The number of hydrogen-bond donors (Lipinski definition) is 1. The fraction of sp³-hybridized carbons (Fsp3) is 0.235. The lowest BCUT2D eigenvalue weighted by Gasteiger charge is -2.04. The third-order valence-electron chi connectivity index (χ3n) is 3.73. The fourth-order valence-corrected chi connectivity index (χ4v) is 3.24. The van der Waals surface area contributed by atoms with E-state index in [9.17, 15) is 14.0 Å². The van der Waals surface area contributed by atoms with Crippen LogP contribution in [-0.2, 0) is 9.53 Å². The van der Waals surface area contributed by atoms with Crippen molar-refractivity contribution in [3.63, 3.8) is 0 Å². The summed E-state index contributed by atoms with van der Waals surface area (Å²) in [5.74, 6) is -1.06. The third-order valence-corrected chi connectivity index (χ3v) is 4.57. The predicted molar refractivity (Wildman–Crippen MR) is 94.0 cm³/mol. The maximum absolute atomic E-state index is 13.9. The van der Waals surface area contributed by atoms with E-state index in [2.05, 4.69) is 15.0 Å². The number of ether oxygens (including phenoxy) is 2. The molecule has 0 atom stereocenters. The van der Waals surface area contributed by atoms with Crippen LogP contribution >= 0.6 is 11.3 Å². The Balaban J connectivity index is 1.81. The number of nitrogens with one attached hydrogen (secondary N) is 1. The molecule has 9 heteroatoms. The summed E-state index contributed by atoms with van der Waals surface area (Å²) in [6.45, 7) is 0.175. The Labute approximate surface area is 152 Å². The van der Waals surface area contributed by atoms with Gasteiger partial charge in [-0.05, 0) is 18.2 Å². The van der Waals surface area contributed by atoms with Crippen LogP contribution in [0.25, 0.3) is 16.2 Å². The molecule has 0 aliphatic carbocycles. The number of thiazole rings is 1. The van der Waals surface area contributed by atoms with Crippen molar-refractivity contribution < 1.29 is 23.5 Å². The first-order valence-electron chi connectivity index (χ1n) is 7.69. The van der Waals surface area contributed by atoms with Gasteiger partial charge in [0.25, 0.3) is 5.91 Å². The molecule has 0 fully saturated rings. The quantitative estimate of drug-likeness (QED) is 0.668. The number of amides is 1. The van der Waals surface area contributed by atoms with Gasteiger partial charge in [-0.1, -0.05) is 0 Å². The van der Waals surface area contributed by atoms with Crippen LogP contribution in [0.5, 0.6) is 5.75 Å². The molecule has 0 saturated heterocycles. The molecule has 0 spiro atoms. The second-order valence-electron chi connectivity index (χ2n) is 5.33. The van der Waals surface area contributed by atoms with Gasteiger partial charge in [0, 0.05) is 23.7 Å². The number of rotatable bonds is 6. The lowest BCUT2D eigenvalue weighted by atomic mass is 10.1. The van der Waals surface area contributed by atoms with Crippen LogP contribution < -0.4 is 10.1 Å². The van der Waals surface area contributed by atoms with Gasteiger partial charge in [-0.25, -0.2) is 9.37 Å². The summed E-state index contributed by atoms with van der Waals surface area (Å²) in [6.07, 6.45) is 1.76. The molecule has 7 nitrogen and oxygen atoms in total. The summed E-state index contributed by atoms with van der Waals surface area (Å²) in [6, 6.07) is 4.56. The van der Waals surface area contributed by atoms with E-state index in [4.69, 9.17) is 4.74 Å². The van der Waals surface area contributed by atoms with Crippen LogP contribution in [0.2, 0.25) is 0 Å². The van der Waals surface area contributed by atoms with E-state index in [0.717, 1.165) is 0 Å². The molecular formula is C17H16FN3O4S. The largest absolute Gasteiger partial charge is 0.494 e. The van der Waals surface area contributed by atoms with Gasteiger partial charge in [0.2, 0.25) is 0 Å². The van der Waals surface area contributed by atoms with Crippen LogP contribution in [-0.4, -0.2) is 42.0 Å². The Bertz CT molecular complexity index is 966. The zero-order valence-corrected chi connectivity index (χ0v) is 14.9. The van der Waals surface area contributed by atoms with Gasteiger partial charge in [-0.3, -0.25) is 14.0 Å². The minimum absolute atomic E-state index is 0.0931. The minimum atomic E-state index is -0.484. The Morgan fingerprint density at radius 2 is 2.15 bits per heavy atom. The van der Waals surface area contributed by atoms with Crippen LogP contribution in [0.15, 0.2) is 29.8 Å². The molecule has 0 bridgehead atoms. The number of imidazole rings is 1. The van der Waals surface area contributed by atoms with Crippen molar-refractivity contribution >= 4 is 28.2 Å². The zero-order chi connectivity index (χ0) is 18.7. The number of benzene rings is 1. The highest BCUT2D eigenvalue weighted by Crippen LogP contribution is 2.27. The Morgan fingerprint density at radius 3 is 2.85 bits per heavy atom. The second-order valence-corrected chi connectivity index (χ2v) is 6.17. The molecular weight excluding hydrogens is 361 g/mol. The molecule has 0 unspecified atom stereocenters. The van der Waals surface area contributed by atoms with Crippen molar-refractivity contribution in [1.29, 1.82) is 0 Å². The van der Waals surface area contributed by atoms with Gasteiger partial charge < -0.3 is 14.8 Å². The molecule has 0 aliphatic rings. The summed E-state index contributed by atoms with van der Waals surface area (Å²) in [4.78, 5) is 28.4. The van der Waals surface area contributed by atoms with Crippen molar-refractivity contribution in [2.24, 2.45) is 0 Å². The molecule has 0 aliphatic heterocycles. The van der Waals surface area contributed by atoms with Crippen molar-refractivity contribution in [3.8, 4) is 17.0 Å². The van der Waals surface area contributed by atoms with E-state index >= 15 is 0 Å². The first-order chi connectivity index (χ1) is 12.5. The Hall–Kier alpha value is -2.94. The number of carbonyl (C=O) groups excluding carboxylic acids is 2. The van der Waals surface area contributed by atoms with Crippen molar-refractivity contribution in [1.82, 2.24) is 14.7 Å². The highest BCUT2D eigenvalue weighted by molar-refractivity contribution is 7.15. The second kappa shape index (κ2) is 7.52. The number of hydrogen-bond acceptors (Lipinski definition) is 6. The van der Waals surface area contributed by atoms with Gasteiger partial charge >= 0.3 is 5.97 Å². The van der Waals surface area contributed by atoms with E-state index in [0.29, 0.717) is 21.9 Å². The molecule has 26 heavy (non-hydrogen) atoms. The standard InChI is InChI=1S/C17H16FN3O4S/c1-24-14-4-3-10(7-11(14)18)12-8-21-13(9-26-17(21)20-12)16(23)19-6-5-15(22)25-2/h3-4,7-9H,5-6H2,1-2H3,(H,19,23). The highest BCUT2D eigenvalue weighted by atomic mass is 32.1. The van der Waals surface area contributed by atoms with Crippen LogP contribution in [0.1, 0.15) is 16.9 Å². The molecule has 3 aromatic rings. The Kier molecular flexibility index (Phi) is 5.17. The van der Waals surface area contributed by atoms with Crippen molar-refractivity contribution in [3.05, 3.63) is 41.3 Å². The summed E-state index contributed by atoms with van der Waals surface area (Å²) >= 11 is 1.29. The topological polar surface area (TPSA) is 81.9 Å². The predicted octanol–water partition coefficient (Wildman–Crippen LogP) is 2.50. The van der Waals surface area contributed by atoms with Gasteiger partial charge in [-0.15, -0.1) is 11.3 Å². The number of carbonyl (C=O) groups is 2. The molecule has 0 radical (unpaired) electrons. The number of esters is 1. The lowest BCUT2D eigenvalue weighted by molar-refractivity contribution is -0.140. The maximum atomic E-state index is 13.9. The average molecular weight is 377 g/mol. The fourth-order valence-electron chi connectivity index (χ4n) is 2.38. The van der Waals surface area contributed by atoms with E-state index in [1.54, 1.807) is 22.0 Å². The van der Waals surface area contributed by atoms with Crippen LogP contribution in [0.4, 0.5) is 4.39 Å². The van der Waals surface area contributed by atoms with E-state index in [1.807, 2.05) is 0 Å². The summed E-state index contributed by atoms with van der Waals surface area (Å²) in [7, 11) is 2.69. The summed E-state index contributed by atoms with van der Waals surface area (Å²) in [5.41, 5.74) is 1.51. The van der Waals surface area contributed by atoms with Gasteiger partial charge in [0.1, 0.15) is 5.69 Å². The molecule has 0 saturated carbocycles. The summed E-state index contributed by atoms with van der Waals surface area (Å²) < 4.78 is 25.0. The SMILES string of the molecule is COC(=O)CCNC(=O)c1csc2nc(-c3ccc(OC)c(F)c3)cn12. The zero-order valence-electron chi connectivity index (χ0n) is 14.1. The minimum Gasteiger partial charge on any atom is -0.494 e. The lowest BCUT2D eigenvalue weighted by Crippen LogP contribution is -2.27. The number of nitrogens with zero attached hydrogens (tertiary/aromatic N) is 2. The number of aromatic nitrogens is 2. The molecule has 2 aromatic heterocycles. The molecule has 1 aromatic carbocycles. The maximum Gasteiger partial charge on any atom is 0.307 e. The molecule has 136 valence electrons. The smallest absolute Gasteiger partial charge is 0.307 e. The summed E-state index contributed by atoms with van der Waals surface area (Å²) in [5, 5.41) is 4.33. The number of methoxy groups -OCH3 is 2. The van der Waals surface area contributed by atoms with Gasteiger partial charge in [-0.2, -0.15) is 0 Å². The van der Waals surface area contributed by atoms with E-state index in [1.165, 1.54) is 37.7 Å². The van der Waals surface area contributed by atoms with Crippen LogP contribution in [0.3, 0.4) is 0 Å². The van der Waals surface area contributed by atoms with Crippen LogP contribution in [0, 0.1) is 5.82 Å². The third kappa shape index (κ3) is 3.52. The number of fused-ring (bicyclic) bond motifs is 1. The first kappa shape index (κ1) is 17.9. The highest BCUT2D eigenvalue weighted by Gasteiger charge is 2.16. The monoisotopic (exact) mass is 377 g/mol. The molecule has 1 amide bonds. The first-order valence-corrected chi connectivity index (χ1v) is 8.57.